The van der Waals surface area contributed by atoms with Gasteiger partial charge in [-0.3, -0.25) is 9.59 Å². The minimum Gasteiger partial charge on any atom is -0.780 e. The Balaban J connectivity index is 1.16. The van der Waals surface area contributed by atoms with E-state index in [1.54, 1.807) is 31.2 Å². The number of aromatic hydroxyl groups is 2. The predicted octanol–water partition coefficient (Wildman–Crippen LogP) is 2.32. The van der Waals surface area contributed by atoms with Gasteiger partial charge in [-0.2, -0.15) is 0 Å². The molecule has 0 radical (unpaired) electrons. The maximum absolute atomic E-state index is 12.4. The Hall–Kier alpha value is -2.95. The van der Waals surface area contributed by atoms with E-state index in [1.807, 2.05) is 0 Å². The molecule has 16 heteroatoms. The molecule has 0 aliphatic heterocycles. The van der Waals surface area contributed by atoms with E-state index < -0.39 is 18.2 Å². The number of rotatable bonds is 23. The lowest BCUT2D eigenvalue weighted by molar-refractivity contribution is -0.207. The zero-order valence-electron chi connectivity index (χ0n) is 25.5. The minimum atomic E-state index is -3.40. The van der Waals surface area contributed by atoms with Crippen molar-refractivity contribution in [2.45, 2.75) is 6.92 Å². The summed E-state index contributed by atoms with van der Waals surface area (Å²) in [4.78, 5) is 36.4. The summed E-state index contributed by atoms with van der Waals surface area (Å²) in [5.74, 6) is -1.02. The van der Waals surface area contributed by atoms with Gasteiger partial charge in [0, 0.05) is 23.7 Å². The monoisotopic (exact) mass is 684 g/mol. The van der Waals surface area contributed by atoms with Crippen molar-refractivity contribution >= 4 is 35.4 Å². The summed E-state index contributed by atoms with van der Waals surface area (Å²) in [6, 6.07) is 10.3. The molecule has 254 valence electrons. The fraction of sp³-hybridized carbons (Fsp3) is 0.467. The summed E-state index contributed by atoms with van der Waals surface area (Å²) in [6.07, 6.45) is 0. The van der Waals surface area contributed by atoms with Crippen molar-refractivity contribution in [3.8, 4) is 22.8 Å². The summed E-state index contributed by atoms with van der Waals surface area (Å²) >= 11 is 4.68. The minimum absolute atomic E-state index is 0.0862. The molecule has 0 saturated heterocycles. The van der Waals surface area contributed by atoms with Gasteiger partial charge in [0.05, 0.1) is 84.7 Å². The van der Waals surface area contributed by atoms with Crippen LogP contribution in [-0.4, -0.2) is 102 Å². The van der Waals surface area contributed by atoms with Crippen molar-refractivity contribution in [1.29, 1.82) is 0 Å². The summed E-state index contributed by atoms with van der Waals surface area (Å²) in [5.41, 5.74) is 0.432. The summed E-state index contributed by atoms with van der Waals surface area (Å²) < 4.78 is 42.4. The van der Waals surface area contributed by atoms with Crippen LogP contribution in [0, 0.1) is 0 Å². The van der Waals surface area contributed by atoms with Crippen LogP contribution in [0.3, 0.4) is 0 Å². The second-order valence-corrected chi connectivity index (χ2v) is 12.1. The molecule has 46 heavy (non-hydrogen) atoms. The van der Waals surface area contributed by atoms with Crippen LogP contribution in [0.4, 0.5) is 0 Å². The van der Waals surface area contributed by atoms with Crippen LogP contribution >= 0.6 is 6.72 Å². The quantitative estimate of drug-likeness (QED) is 0.0750. The Morgan fingerprint density at radius 3 is 1.93 bits per heavy atom. The van der Waals surface area contributed by atoms with Crippen molar-refractivity contribution < 1.29 is 57.0 Å². The first-order valence-corrected chi connectivity index (χ1v) is 17.1. The van der Waals surface area contributed by atoms with Crippen molar-refractivity contribution in [3.05, 3.63) is 58.3 Å². The number of carbonyl (C=O) groups excluding carboxylic acids is 1. The number of amides is 1. The van der Waals surface area contributed by atoms with Crippen molar-refractivity contribution in [2.75, 3.05) is 85.8 Å². The van der Waals surface area contributed by atoms with E-state index in [4.69, 9.17) is 37.1 Å². The van der Waals surface area contributed by atoms with Crippen molar-refractivity contribution in [3.63, 3.8) is 0 Å². The maximum Gasteiger partial charge on any atom is 0.251 e. The number of phenolic OH excluding ortho intramolecular Hbond substituents is 2. The van der Waals surface area contributed by atoms with E-state index in [-0.39, 0.29) is 47.9 Å². The van der Waals surface area contributed by atoms with Gasteiger partial charge in [0.25, 0.3) is 5.91 Å². The molecular formula is C30H39NO13PS-. The van der Waals surface area contributed by atoms with E-state index in [1.165, 1.54) is 18.2 Å². The molecule has 0 aliphatic rings. The number of fused-ring (bicyclic) bond motifs is 1. The second-order valence-electron chi connectivity index (χ2n) is 9.38. The Labute approximate surface area is 271 Å². The number of hydrogen-bond donors (Lipinski definition) is 3. The number of hydrogen-bond acceptors (Lipinski definition) is 14. The van der Waals surface area contributed by atoms with Gasteiger partial charge in [0.15, 0.2) is 16.8 Å². The van der Waals surface area contributed by atoms with Gasteiger partial charge in [0.1, 0.15) is 12.5 Å². The topological polar surface area (TPSA) is 187 Å². The van der Waals surface area contributed by atoms with Crippen molar-refractivity contribution in [2.24, 2.45) is 0 Å². The maximum atomic E-state index is 12.4. The van der Waals surface area contributed by atoms with Gasteiger partial charge >= 0.3 is 0 Å². The van der Waals surface area contributed by atoms with Crippen molar-refractivity contribution in [1.82, 2.24) is 5.32 Å². The van der Waals surface area contributed by atoms with Gasteiger partial charge in [-0.1, -0.05) is 23.9 Å². The number of benzene rings is 2. The van der Waals surface area contributed by atoms with E-state index in [9.17, 15) is 24.7 Å². The zero-order chi connectivity index (χ0) is 33.2. The number of carbonyl (C=O) groups is 1. The third-order valence-corrected chi connectivity index (χ3v) is 7.77. The summed E-state index contributed by atoms with van der Waals surface area (Å²) in [6.45, 7) is 2.54. The lowest BCUT2D eigenvalue weighted by atomic mass is 10.1. The Bertz CT molecular complexity index is 1470. The van der Waals surface area contributed by atoms with Crippen LogP contribution in [0.2, 0.25) is 0 Å². The Morgan fingerprint density at radius 1 is 0.826 bits per heavy atom. The van der Waals surface area contributed by atoms with E-state index in [2.05, 4.69) is 17.1 Å². The van der Waals surface area contributed by atoms with E-state index in [0.29, 0.717) is 77.1 Å². The van der Waals surface area contributed by atoms with Gasteiger partial charge < -0.3 is 57.6 Å². The lowest BCUT2D eigenvalue weighted by Gasteiger charge is -2.26. The smallest absolute Gasteiger partial charge is 0.251 e. The van der Waals surface area contributed by atoms with Crippen LogP contribution in [0.25, 0.3) is 22.3 Å². The molecule has 0 aliphatic carbocycles. The van der Waals surface area contributed by atoms with Crippen LogP contribution in [0.5, 0.6) is 11.5 Å². The lowest BCUT2D eigenvalue weighted by Crippen LogP contribution is -2.27. The normalized spacial score (nSPS) is 12.7. The highest BCUT2D eigenvalue weighted by molar-refractivity contribution is 8.06. The van der Waals surface area contributed by atoms with Crippen LogP contribution in [-0.2, 0) is 44.5 Å². The zero-order valence-corrected chi connectivity index (χ0v) is 27.2. The van der Waals surface area contributed by atoms with E-state index in [0.717, 1.165) is 0 Å². The number of phenols is 2. The van der Waals surface area contributed by atoms with Crippen LogP contribution in [0.15, 0.2) is 51.7 Å². The molecule has 0 spiro atoms. The van der Waals surface area contributed by atoms with Gasteiger partial charge in [-0.15, -0.1) is 0 Å². The molecule has 3 aromatic rings. The Kier molecular flexibility index (Phi) is 16.6. The molecule has 0 bridgehead atoms. The summed E-state index contributed by atoms with van der Waals surface area (Å²) in [7, 11) is 0. The first kappa shape index (κ1) is 37.5. The fourth-order valence-electron chi connectivity index (χ4n) is 3.85. The first-order valence-electron chi connectivity index (χ1n) is 14.6. The Morgan fingerprint density at radius 2 is 1.37 bits per heavy atom. The average Bonchev–Trinajstić information content (AvgIpc) is 3.04. The molecule has 1 aromatic heterocycles. The molecule has 14 nitrogen and oxygen atoms in total. The number of ether oxygens (including phenoxy) is 5. The molecule has 0 saturated carbocycles. The highest BCUT2D eigenvalue weighted by Crippen LogP contribution is 2.38. The van der Waals surface area contributed by atoms with Gasteiger partial charge in [-0.05, 0) is 31.2 Å². The SMILES string of the molecule is CCOP([O-])(=S)OCCOCCOCCOCCOCCOCCNC(=O)c1ccc(-c2cc(=O)c3ccc(O)c(O)c3o2)cc1. The second kappa shape index (κ2) is 20.3. The van der Waals surface area contributed by atoms with Crippen LogP contribution in [0.1, 0.15) is 17.3 Å². The fourth-order valence-corrected chi connectivity index (χ4v) is 5.08. The summed E-state index contributed by atoms with van der Waals surface area (Å²) in [5, 5.41) is 22.7. The highest BCUT2D eigenvalue weighted by Gasteiger charge is 2.14. The predicted molar refractivity (Wildman–Crippen MR) is 170 cm³/mol. The molecular weight excluding hydrogens is 645 g/mol. The number of nitrogens with one attached hydrogen (secondary N) is 1. The molecule has 1 heterocycles. The van der Waals surface area contributed by atoms with E-state index >= 15 is 0 Å². The molecule has 1 unspecified atom stereocenters. The average molecular weight is 685 g/mol. The highest BCUT2D eigenvalue weighted by atomic mass is 32.5. The molecule has 3 N–H and O–H groups in total. The molecule has 0 fully saturated rings. The van der Waals surface area contributed by atoms with Crippen LogP contribution < -0.4 is 15.6 Å². The largest absolute Gasteiger partial charge is 0.780 e. The molecule has 1 atom stereocenters. The molecule has 1 amide bonds. The van der Waals surface area contributed by atoms with Gasteiger partial charge in [-0.25, -0.2) is 0 Å². The molecule has 3 rings (SSSR count). The molecule has 2 aromatic carbocycles. The standard InChI is InChI=1S/C30H40NO13PS/c1-2-42-45(36,46)43-20-19-41-18-17-40-16-15-39-14-13-38-12-11-37-10-9-31-30(35)23-5-3-22(4-6-23)27-21-26(33)24-7-8-25(32)28(34)29(24)44-27/h3-8,21,32,34H,2,9-20H2,1H3,(H,31,35)(H,36,46)/p-1. The third-order valence-electron chi connectivity index (χ3n) is 6.07. The third kappa shape index (κ3) is 13.0. The first-order chi connectivity index (χ1) is 22.2. The van der Waals surface area contributed by atoms with Gasteiger partial charge in [0.2, 0.25) is 5.75 Å².